The molecule has 0 aliphatic carbocycles. The molecule has 5 nitrogen and oxygen atoms in total. The lowest BCUT2D eigenvalue weighted by Crippen LogP contribution is -2.37. The number of nitrogens with zero attached hydrogens (tertiary/aromatic N) is 1. The van der Waals surface area contributed by atoms with Crippen molar-refractivity contribution in [3.63, 3.8) is 0 Å². The van der Waals surface area contributed by atoms with Gasteiger partial charge in [0, 0.05) is 24.7 Å². The maximum Gasteiger partial charge on any atom is 0.338 e. The number of benzene rings is 1. The van der Waals surface area contributed by atoms with Gasteiger partial charge in [0.2, 0.25) is 0 Å². The molecule has 0 spiro atoms. The monoisotopic (exact) mass is 338 g/mol. The number of nitrogens with one attached hydrogen (secondary N) is 1. The second-order valence-corrected chi connectivity index (χ2v) is 6.67. The second-order valence-electron chi connectivity index (χ2n) is 6.67. The Morgan fingerprint density at radius 3 is 3.09 bits per heavy atom. The van der Waals surface area contributed by atoms with Crippen LogP contribution in [-0.2, 0) is 11.3 Å². The Bertz CT molecular complexity index is 622. The van der Waals surface area contributed by atoms with Crippen molar-refractivity contribution in [2.75, 3.05) is 26.2 Å². The van der Waals surface area contributed by atoms with Crippen molar-refractivity contribution in [3.05, 3.63) is 34.4 Å². The van der Waals surface area contributed by atoms with Crippen molar-refractivity contribution in [1.82, 2.24) is 10.2 Å². The van der Waals surface area contributed by atoms with Crippen molar-refractivity contribution in [2.24, 2.45) is 5.92 Å². The first-order valence-corrected chi connectivity index (χ1v) is 8.07. The lowest BCUT2D eigenvalue weighted by molar-refractivity contribution is 0.0535. The number of ether oxygens (including phenoxy) is 1. The first-order chi connectivity index (χ1) is 10.6. The molecule has 0 bridgehead atoms. The topological polar surface area (TPSA) is 61.8 Å². The van der Waals surface area contributed by atoms with E-state index >= 15 is 0 Å². The number of halogens is 1. The maximum atomic E-state index is 11.6. The van der Waals surface area contributed by atoms with Gasteiger partial charge in [-0.1, -0.05) is 6.07 Å². The van der Waals surface area contributed by atoms with Crippen LogP contribution >= 0.6 is 12.4 Å². The number of rotatable bonds is 3. The van der Waals surface area contributed by atoms with E-state index in [1.165, 1.54) is 6.42 Å². The summed E-state index contributed by atoms with van der Waals surface area (Å²) in [5.41, 5.74) is 3.50. The van der Waals surface area contributed by atoms with Crippen molar-refractivity contribution in [3.8, 4) is 0 Å². The van der Waals surface area contributed by atoms with Gasteiger partial charge in [-0.25, -0.2) is 4.79 Å². The van der Waals surface area contributed by atoms with Crippen molar-refractivity contribution < 1.29 is 14.6 Å². The van der Waals surface area contributed by atoms with Crippen LogP contribution < -0.4 is 5.32 Å². The number of aliphatic hydroxyl groups excluding tert-OH is 1. The molecule has 0 saturated carbocycles. The summed E-state index contributed by atoms with van der Waals surface area (Å²) in [6.07, 6.45) is 0.705. The highest BCUT2D eigenvalue weighted by Gasteiger charge is 2.38. The number of carbonyl (C=O) groups excluding carboxylic acids is 1. The first-order valence-electron chi connectivity index (χ1n) is 8.07. The predicted molar refractivity (Wildman–Crippen MR) is 88.8 cm³/mol. The molecule has 2 fully saturated rings. The number of β-amino-alcohol motifs (C(OH)–C–C–N with tert-alkyl or cyclic N) is 1. The number of fused-ring (bicyclic) bond motifs is 2. The summed E-state index contributed by atoms with van der Waals surface area (Å²) in [4.78, 5) is 14.0. The maximum absolute atomic E-state index is 11.6. The summed E-state index contributed by atoms with van der Waals surface area (Å²) < 4.78 is 5.09. The third-order valence-electron chi connectivity index (χ3n) is 5.53. The Morgan fingerprint density at radius 2 is 2.26 bits per heavy atom. The lowest BCUT2D eigenvalue weighted by atomic mass is 9.95. The molecule has 6 heteroatoms. The van der Waals surface area contributed by atoms with Crippen LogP contribution in [0, 0.1) is 12.8 Å². The molecule has 0 radical (unpaired) electrons. The van der Waals surface area contributed by atoms with E-state index in [-0.39, 0.29) is 18.4 Å². The number of aliphatic hydroxyl groups is 1. The minimum absolute atomic E-state index is 0. The normalized spacial score (nSPS) is 27.3. The Balaban J connectivity index is 0.00000156. The molecule has 2 saturated heterocycles. The molecular formula is C17H23ClN2O3. The van der Waals surface area contributed by atoms with Gasteiger partial charge in [0.05, 0.1) is 11.7 Å². The largest absolute Gasteiger partial charge is 0.457 e. The summed E-state index contributed by atoms with van der Waals surface area (Å²) in [6.45, 7) is 6.18. The van der Waals surface area contributed by atoms with Crippen molar-refractivity contribution in [1.29, 1.82) is 0 Å². The second kappa shape index (κ2) is 6.40. The number of cyclic esters (lactones) is 1. The van der Waals surface area contributed by atoms with Crippen LogP contribution in [0.2, 0.25) is 0 Å². The summed E-state index contributed by atoms with van der Waals surface area (Å²) in [5.74, 6) is 0.484. The van der Waals surface area contributed by atoms with Gasteiger partial charge in [-0.05, 0) is 49.5 Å². The summed E-state index contributed by atoms with van der Waals surface area (Å²) in [5, 5.41) is 14.1. The Morgan fingerprint density at radius 1 is 1.43 bits per heavy atom. The van der Waals surface area contributed by atoms with Crippen molar-refractivity contribution in [2.45, 2.75) is 32.1 Å². The van der Waals surface area contributed by atoms with Gasteiger partial charge in [0.15, 0.2) is 0 Å². The van der Waals surface area contributed by atoms with Crippen molar-refractivity contribution >= 4 is 18.4 Å². The average Bonchev–Trinajstić information content (AvgIpc) is 3.18. The average molecular weight is 339 g/mol. The zero-order valence-corrected chi connectivity index (χ0v) is 14.1. The summed E-state index contributed by atoms with van der Waals surface area (Å²) >= 11 is 0. The van der Waals surface area contributed by atoms with Gasteiger partial charge in [-0.3, -0.25) is 4.90 Å². The molecule has 3 heterocycles. The summed E-state index contributed by atoms with van der Waals surface area (Å²) in [7, 11) is 0. The van der Waals surface area contributed by atoms with Crippen LogP contribution in [0.25, 0.3) is 0 Å². The molecule has 23 heavy (non-hydrogen) atoms. The van der Waals surface area contributed by atoms with E-state index in [0.29, 0.717) is 24.8 Å². The SMILES string of the molecule is Cc1c([C@@H](O)CN2CCC3CNCC32)ccc2c1COC2=O.Cl. The molecule has 3 aliphatic heterocycles. The van der Waals surface area contributed by atoms with Crippen LogP contribution in [0.4, 0.5) is 0 Å². The van der Waals surface area contributed by atoms with E-state index in [9.17, 15) is 9.90 Å². The number of carbonyl (C=O) groups is 1. The Hall–Kier alpha value is -1.14. The third kappa shape index (κ3) is 2.76. The van der Waals surface area contributed by atoms with Gasteiger partial charge in [-0.2, -0.15) is 0 Å². The molecule has 0 amide bonds. The fourth-order valence-electron chi connectivity index (χ4n) is 4.21. The molecule has 1 aromatic carbocycles. The zero-order chi connectivity index (χ0) is 15.3. The quantitative estimate of drug-likeness (QED) is 0.816. The molecule has 2 unspecified atom stereocenters. The fourth-order valence-corrected chi connectivity index (χ4v) is 4.21. The van der Waals surface area contributed by atoms with Crippen LogP contribution in [0.5, 0.6) is 0 Å². The Labute approximate surface area is 142 Å². The zero-order valence-electron chi connectivity index (χ0n) is 13.2. The number of esters is 1. The van der Waals surface area contributed by atoms with Crippen LogP contribution in [-0.4, -0.2) is 48.2 Å². The molecule has 3 atom stereocenters. The van der Waals surface area contributed by atoms with Crippen LogP contribution in [0.3, 0.4) is 0 Å². The number of hydrogen-bond donors (Lipinski definition) is 2. The number of hydrogen-bond acceptors (Lipinski definition) is 5. The fraction of sp³-hybridized carbons (Fsp3) is 0.588. The van der Waals surface area contributed by atoms with E-state index in [0.717, 1.165) is 42.2 Å². The van der Waals surface area contributed by atoms with Gasteiger partial charge >= 0.3 is 5.97 Å². The highest BCUT2D eigenvalue weighted by molar-refractivity contribution is 5.93. The highest BCUT2D eigenvalue weighted by Crippen LogP contribution is 2.32. The van der Waals surface area contributed by atoms with Gasteiger partial charge in [0.25, 0.3) is 0 Å². The minimum atomic E-state index is -0.514. The van der Waals surface area contributed by atoms with Gasteiger partial charge in [-0.15, -0.1) is 12.4 Å². The van der Waals surface area contributed by atoms with E-state index < -0.39 is 6.10 Å². The molecule has 4 rings (SSSR count). The van der Waals surface area contributed by atoms with Crippen LogP contribution in [0.1, 0.15) is 39.6 Å². The molecule has 1 aromatic rings. The Kier molecular flexibility index (Phi) is 4.65. The lowest BCUT2D eigenvalue weighted by Gasteiger charge is -2.26. The molecule has 3 aliphatic rings. The van der Waals surface area contributed by atoms with E-state index in [2.05, 4.69) is 10.2 Å². The van der Waals surface area contributed by atoms with Gasteiger partial charge < -0.3 is 15.2 Å². The first kappa shape index (κ1) is 16.7. The van der Waals surface area contributed by atoms with Crippen LogP contribution in [0.15, 0.2) is 12.1 Å². The minimum Gasteiger partial charge on any atom is -0.457 e. The number of likely N-dealkylation sites (tertiary alicyclic amines) is 1. The third-order valence-corrected chi connectivity index (χ3v) is 5.53. The molecule has 2 N–H and O–H groups in total. The standard InChI is InChI=1S/C17H22N2O3.ClH/c1-10-12(2-3-13-14(10)9-22-17(13)21)16(20)8-19-5-4-11-6-18-7-15(11)19;/h2-3,11,15-16,18,20H,4-9H2,1H3;1H/t11?,15?,16-;/m0./s1. The van der Waals surface area contributed by atoms with E-state index in [1.54, 1.807) is 6.07 Å². The summed E-state index contributed by atoms with van der Waals surface area (Å²) in [6, 6.07) is 4.24. The molecule has 126 valence electrons. The smallest absolute Gasteiger partial charge is 0.338 e. The predicted octanol–water partition coefficient (Wildman–Crippen LogP) is 1.41. The van der Waals surface area contributed by atoms with Gasteiger partial charge in [0.1, 0.15) is 6.61 Å². The highest BCUT2D eigenvalue weighted by atomic mass is 35.5. The molecule has 0 aromatic heterocycles. The van der Waals surface area contributed by atoms with E-state index in [4.69, 9.17) is 4.74 Å². The van der Waals surface area contributed by atoms with E-state index in [1.807, 2.05) is 13.0 Å². The molecular weight excluding hydrogens is 316 g/mol.